The number of carbonyl (C=O) groups excluding carboxylic acids is 3. The van der Waals surface area contributed by atoms with Crippen molar-refractivity contribution in [3.63, 3.8) is 0 Å². The van der Waals surface area contributed by atoms with Crippen molar-refractivity contribution >= 4 is 17.7 Å². The van der Waals surface area contributed by atoms with Crippen LogP contribution in [0.4, 0.5) is 0 Å². The van der Waals surface area contributed by atoms with Gasteiger partial charge in [-0.05, 0) is 41.9 Å². The van der Waals surface area contributed by atoms with Gasteiger partial charge >= 0.3 is 0 Å². The number of amides is 3. The number of carbonyl (C=O) groups is 3. The van der Waals surface area contributed by atoms with Gasteiger partial charge in [-0.1, -0.05) is 12.1 Å². The molecule has 0 bridgehead atoms. The number of benzene rings is 1. The predicted octanol–water partition coefficient (Wildman–Crippen LogP) is 0.289. The van der Waals surface area contributed by atoms with E-state index in [0.29, 0.717) is 30.0 Å². The molecule has 4 aliphatic rings. The molecule has 0 radical (unpaired) electrons. The van der Waals surface area contributed by atoms with Crippen molar-refractivity contribution in [2.45, 2.75) is 50.9 Å². The summed E-state index contributed by atoms with van der Waals surface area (Å²) >= 11 is 0. The Morgan fingerprint density at radius 1 is 1.19 bits per heavy atom. The fourth-order valence-corrected chi connectivity index (χ4v) is 4.87. The molecular weight excluding hydrogens is 344 g/mol. The first-order valence-corrected chi connectivity index (χ1v) is 9.74. The van der Waals surface area contributed by atoms with E-state index in [1.165, 1.54) is 12.8 Å². The van der Waals surface area contributed by atoms with Gasteiger partial charge in [-0.2, -0.15) is 0 Å². The molecule has 1 unspecified atom stereocenters. The highest BCUT2D eigenvalue weighted by Gasteiger charge is 2.48. The first-order chi connectivity index (χ1) is 13.0. The molecule has 7 heteroatoms. The molecule has 3 amide bonds. The highest BCUT2D eigenvalue weighted by molar-refractivity contribution is 6.05. The number of hydrogen-bond acceptors (Lipinski definition) is 5. The average molecular weight is 368 g/mol. The predicted molar refractivity (Wildman–Crippen MR) is 97.7 cm³/mol. The molecule has 2 saturated heterocycles. The van der Waals surface area contributed by atoms with Crippen molar-refractivity contribution in [3.8, 4) is 0 Å². The van der Waals surface area contributed by atoms with Crippen LogP contribution in [0.5, 0.6) is 0 Å². The Morgan fingerprint density at radius 3 is 2.70 bits per heavy atom. The van der Waals surface area contributed by atoms with E-state index in [-0.39, 0.29) is 24.1 Å². The Hall–Kier alpha value is -2.25. The zero-order valence-electron chi connectivity index (χ0n) is 15.2. The van der Waals surface area contributed by atoms with E-state index < -0.39 is 6.04 Å². The fraction of sp³-hybridized carbons (Fsp3) is 0.550. The Labute approximate surface area is 157 Å². The van der Waals surface area contributed by atoms with Gasteiger partial charge in [0, 0.05) is 44.2 Å². The van der Waals surface area contributed by atoms with Crippen LogP contribution in [-0.4, -0.2) is 47.8 Å². The van der Waals surface area contributed by atoms with Crippen LogP contribution in [0.15, 0.2) is 18.2 Å². The standard InChI is InChI=1S/C20H24N4O3/c25-17-4-3-16(18(26)23-17)24-9-13-2-1-12(5-15(13)19(24)27)8-22-14-6-20(7-14)10-21-11-20/h1-2,5,14,16,21-22H,3-4,6-11H2,(H,23,25,26). The summed E-state index contributed by atoms with van der Waals surface area (Å²) in [5.41, 5.74) is 3.29. The van der Waals surface area contributed by atoms with E-state index in [0.717, 1.165) is 30.8 Å². The van der Waals surface area contributed by atoms with Gasteiger partial charge < -0.3 is 15.5 Å². The first-order valence-electron chi connectivity index (χ1n) is 9.74. The molecule has 3 fully saturated rings. The maximum absolute atomic E-state index is 12.8. The van der Waals surface area contributed by atoms with Crippen molar-refractivity contribution in [2.24, 2.45) is 5.41 Å². The summed E-state index contributed by atoms with van der Waals surface area (Å²) < 4.78 is 0. The lowest BCUT2D eigenvalue weighted by Crippen LogP contribution is -2.64. The molecule has 1 aromatic rings. The molecule has 1 atom stereocenters. The van der Waals surface area contributed by atoms with E-state index >= 15 is 0 Å². The van der Waals surface area contributed by atoms with E-state index in [1.54, 1.807) is 4.90 Å². The van der Waals surface area contributed by atoms with Crippen LogP contribution >= 0.6 is 0 Å². The lowest BCUT2D eigenvalue weighted by atomic mass is 9.61. The number of imide groups is 1. The van der Waals surface area contributed by atoms with E-state index in [2.05, 4.69) is 22.0 Å². The normalized spacial score (nSPS) is 26.6. The molecule has 3 aliphatic heterocycles. The average Bonchev–Trinajstić information content (AvgIpc) is 2.89. The SMILES string of the molecule is O=C1CCC(N2Cc3ccc(CNC4CC5(CNC5)C4)cc3C2=O)C(=O)N1. The van der Waals surface area contributed by atoms with Gasteiger partial charge in [0.05, 0.1) is 0 Å². The third-order valence-corrected chi connectivity index (χ3v) is 6.55. The third-order valence-electron chi connectivity index (χ3n) is 6.55. The van der Waals surface area contributed by atoms with Gasteiger partial charge in [-0.3, -0.25) is 19.7 Å². The molecule has 1 aliphatic carbocycles. The topological polar surface area (TPSA) is 90.5 Å². The van der Waals surface area contributed by atoms with E-state index in [9.17, 15) is 14.4 Å². The van der Waals surface area contributed by atoms with Crippen LogP contribution in [0.25, 0.3) is 0 Å². The van der Waals surface area contributed by atoms with Crippen molar-refractivity contribution < 1.29 is 14.4 Å². The highest BCUT2D eigenvalue weighted by atomic mass is 16.2. The van der Waals surface area contributed by atoms with Gasteiger partial charge in [0.2, 0.25) is 11.8 Å². The molecule has 1 aromatic carbocycles. The van der Waals surface area contributed by atoms with Crippen LogP contribution in [0.3, 0.4) is 0 Å². The summed E-state index contributed by atoms with van der Waals surface area (Å²) in [5, 5.41) is 9.29. The zero-order valence-corrected chi connectivity index (χ0v) is 15.2. The van der Waals surface area contributed by atoms with Crippen molar-refractivity contribution in [3.05, 3.63) is 34.9 Å². The van der Waals surface area contributed by atoms with Crippen molar-refractivity contribution in [1.82, 2.24) is 20.9 Å². The molecule has 142 valence electrons. The smallest absolute Gasteiger partial charge is 0.255 e. The Bertz CT molecular complexity index is 825. The van der Waals surface area contributed by atoms with Crippen LogP contribution in [-0.2, 0) is 22.7 Å². The van der Waals surface area contributed by atoms with Crippen LogP contribution in [0, 0.1) is 5.41 Å². The van der Waals surface area contributed by atoms with Crippen molar-refractivity contribution in [2.75, 3.05) is 13.1 Å². The molecular formula is C20H24N4O3. The van der Waals surface area contributed by atoms with E-state index in [4.69, 9.17) is 0 Å². The maximum Gasteiger partial charge on any atom is 0.255 e. The van der Waals surface area contributed by atoms with Gasteiger partial charge in [0.25, 0.3) is 5.91 Å². The van der Waals surface area contributed by atoms with Crippen LogP contribution in [0.2, 0.25) is 0 Å². The second kappa shape index (κ2) is 6.14. The third kappa shape index (κ3) is 2.85. The van der Waals surface area contributed by atoms with Crippen LogP contribution < -0.4 is 16.0 Å². The highest BCUT2D eigenvalue weighted by Crippen LogP contribution is 2.44. The second-order valence-corrected chi connectivity index (χ2v) is 8.48. The minimum Gasteiger partial charge on any atom is -0.322 e. The summed E-state index contributed by atoms with van der Waals surface area (Å²) in [6, 6.07) is 6.03. The number of rotatable bonds is 4. The number of nitrogens with zero attached hydrogens (tertiary/aromatic N) is 1. The lowest BCUT2D eigenvalue weighted by Gasteiger charge is -2.54. The number of hydrogen-bond donors (Lipinski definition) is 3. The molecule has 1 saturated carbocycles. The summed E-state index contributed by atoms with van der Waals surface area (Å²) in [4.78, 5) is 37.9. The molecule has 1 spiro atoms. The molecule has 0 aromatic heterocycles. The maximum atomic E-state index is 12.8. The Kier molecular flexibility index (Phi) is 3.84. The minimum atomic E-state index is -0.550. The van der Waals surface area contributed by atoms with Gasteiger partial charge in [-0.15, -0.1) is 0 Å². The molecule has 27 heavy (non-hydrogen) atoms. The molecule has 3 N–H and O–H groups in total. The Balaban J connectivity index is 1.23. The summed E-state index contributed by atoms with van der Waals surface area (Å²) in [5.74, 6) is -0.729. The molecule has 7 nitrogen and oxygen atoms in total. The zero-order chi connectivity index (χ0) is 18.6. The minimum absolute atomic E-state index is 0.107. The largest absolute Gasteiger partial charge is 0.322 e. The van der Waals surface area contributed by atoms with Crippen LogP contribution in [0.1, 0.15) is 47.2 Å². The van der Waals surface area contributed by atoms with E-state index in [1.807, 2.05) is 12.1 Å². The molecule has 3 heterocycles. The summed E-state index contributed by atoms with van der Waals surface area (Å²) in [6.45, 7) is 3.49. The van der Waals surface area contributed by atoms with Crippen molar-refractivity contribution in [1.29, 1.82) is 0 Å². The van der Waals surface area contributed by atoms with Gasteiger partial charge in [-0.25, -0.2) is 0 Å². The summed E-state index contributed by atoms with van der Waals surface area (Å²) in [6.07, 6.45) is 3.14. The quantitative estimate of drug-likeness (QED) is 0.665. The number of piperidine rings is 1. The fourth-order valence-electron chi connectivity index (χ4n) is 4.87. The van der Waals surface area contributed by atoms with Gasteiger partial charge in [0.1, 0.15) is 6.04 Å². The molecule has 5 rings (SSSR count). The lowest BCUT2D eigenvalue weighted by molar-refractivity contribution is -0.136. The second-order valence-electron chi connectivity index (χ2n) is 8.48. The first kappa shape index (κ1) is 16.9. The number of nitrogens with one attached hydrogen (secondary N) is 3. The van der Waals surface area contributed by atoms with Gasteiger partial charge in [0.15, 0.2) is 0 Å². The summed E-state index contributed by atoms with van der Waals surface area (Å²) in [7, 11) is 0. The monoisotopic (exact) mass is 368 g/mol. The number of fused-ring (bicyclic) bond motifs is 1. The Morgan fingerprint density at radius 2 is 2.00 bits per heavy atom.